The van der Waals surface area contributed by atoms with Gasteiger partial charge in [0.25, 0.3) is 5.65 Å². The summed E-state index contributed by atoms with van der Waals surface area (Å²) < 4.78 is 13.9. The molecule has 0 unspecified atom stereocenters. The normalized spacial score (nSPS) is 11.8. The Labute approximate surface area is 198 Å². The average Bonchev–Trinajstić information content (AvgIpc) is 3.52. The van der Waals surface area contributed by atoms with Gasteiger partial charge in [-0.2, -0.15) is 0 Å². The second kappa shape index (κ2) is 8.53. The number of H-pyrrole nitrogens is 1. The van der Waals surface area contributed by atoms with Gasteiger partial charge >= 0.3 is 5.56 Å². The lowest BCUT2D eigenvalue weighted by Crippen LogP contribution is -2.27. The van der Waals surface area contributed by atoms with Crippen molar-refractivity contribution in [3.05, 3.63) is 94.9 Å². The molecule has 4 aromatic heterocycles. The fraction of sp³-hybridized carbons (Fsp3) is 0.115. The van der Waals surface area contributed by atoms with E-state index in [-0.39, 0.29) is 5.56 Å². The maximum absolute atomic E-state index is 13.6. The van der Waals surface area contributed by atoms with E-state index in [0.29, 0.717) is 46.4 Å². The van der Waals surface area contributed by atoms with E-state index in [4.69, 9.17) is 19.1 Å². The summed E-state index contributed by atoms with van der Waals surface area (Å²) in [6, 6.07) is 19.0. The fourth-order valence-corrected chi connectivity index (χ4v) is 4.11. The number of rotatable bonds is 6. The molecule has 0 aliphatic heterocycles. The number of aromatic nitrogens is 5. The van der Waals surface area contributed by atoms with Crippen molar-refractivity contribution in [2.45, 2.75) is 13.0 Å². The van der Waals surface area contributed by atoms with Gasteiger partial charge in [0.1, 0.15) is 23.2 Å². The van der Waals surface area contributed by atoms with Crippen molar-refractivity contribution in [2.24, 2.45) is 5.10 Å². The molecule has 0 atom stereocenters. The predicted octanol–water partition coefficient (Wildman–Crippen LogP) is 3.44. The van der Waals surface area contributed by atoms with Gasteiger partial charge < -0.3 is 9.15 Å². The van der Waals surface area contributed by atoms with Gasteiger partial charge in [-0.15, -0.1) is 9.78 Å². The summed E-state index contributed by atoms with van der Waals surface area (Å²) in [7, 11) is 1.64. The van der Waals surface area contributed by atoms with E-state index in [9.17, 15) is 4.79 Å². The van der Waals surface area contributed by atoms with Crippen LogP contribution in [0, 0.1) is 0 Å². The Kier molecular flexibility index (Phi) is 5.07. The Bertz CT molecular complexity index is 1750. The highest BCUT2D eigenvalue weighted by atomic mass is 16.5. The molecule has 0 saturated carbocycles. The number of benzene rings is 2. The number of methoxy groups -OCH3 is 1. The molecule has 0 aliphatic carbocycles. The highest BCUT2D eigenvalue weighted by Crippen LogP contribution is 2.24. The molecule has 6 aromatic rings. The van der Waals surface area contributed by atoms with Crippen molar-refractivity contribution in [3.63, 3.8) is 0 Å². The van der Waals surface area contributed by atoms with Crippen molar-refractivity contribution in [1.82, 2.24) is 19.2 Å². The number of ether oxygens (including phenoxy) is 1. The van der Waals surface area contributed by atoms with E-state index in [2.05, 4.69) is 10.1 Å². The van der Waals surface area contributed by atoms with Gasteiger partial charge in [-0.3, -0.25) is 0 Å². The molecule has 35 heavy (non-hydrogen) atoms. The van der Waals surface area contributed by atoms with Crippen LogP contribution in [0.3, 0.4) is 0 Å². The zero-order chi connectivity index (χ0) is 23.8. The molecule has 1 N–H and O–H groups in total. The van der Waals surface area contributed by atoms with Crippen molar-refractivity contribution in [2.75, 3.05) is 7.11 Å². The first-order chi connectivity index (χ1) is 17.2. The van der Waals surface area contributed by atoms with E-state index in [1.807, 2.05) is 48.5 Å². The molecule has 2 aromatic carbocycles. The summed E-state index contributed by atoms with van der Waals surface area (Å²) >= 11 is 0. The number of para-hydroxylation sites is 2. The molecule has 0 saturated heterocycles. The minimum absolute atomic E-state index is 0.159. The van der Waals surface area contributed by atoms with E-state index in [0.717, 1.165) is 16.8 Å². The zero-order valence-electron chi connectivity index (χ0n) is 18.9. The van der Waals surface area contributed by atoms with Crippen molar-refractivity contribution in [1.29, 1.82) is 0 Å². The highest BCUT2D eigenvalue weighted by Gasteiger charge is 2.24. The van der Waals surface area contributed by atoms with Gasteiger partial charge in [0, 0.05) is 6.42 Å². The largest absolute Gasteiger partial charge is 0.497 e. The number of hydrogen-bond acceptors (Lipinski definition) is 6. The molecule has 0 spiro atoms. The lowest BCUT2D eigenvalue weighted by atomic mass is 10.1. The van der Waals surface area contributed by atoms with Gasteiger partial charge in [-0.05, 0) is 42.0 Å². The van der Waals surface area contributed by atoms with Crippen LogP contribution in [0.4, 0.5) is 0 Å². The molecular weight excluding hydrogens is 444 g/mol. The summed E-state index contributed by atoms with van der Waals surface area (Å²) in [5, 5.41) is 4.99. The quantitative estimate of drug-likeness (QED) is 0.351. The Morgan fingerprint density at radius 3 is 2.60 bits per heavy atom. The van der Waals surface area contributed by atoms with Gasteiger partial charge in [0.2, 0.25) is 5.65 Å². The third-order valence-electron chi connectivity index (χ3n) is 5.91. The van der Waals surface area contributed by atoms with E-state index in [1.165, 1.54) is 0 Å². The van der Waals surface area contributed by atoms with Crippen LogP contribution >= 0.6 is 0 Å². The summed E-state index contributed by atoms with van der Waals surface area (Å²) in [5.41, 5.74) is 3.88. The summed E-state index contributed by atoms with van der Waals surface area (Å²) in [6.45, 7) is 0.501. The molecule has 0 aliphatic rings. The molecule has 0 fully saturated rings. The second-order valence-corrected chi connectivity index (χ2v) is 8.05. The molecule has 0 radical (unpaired) electrons. The van der Waals surface area contributed by atoms with Crippen molar-refractivity contribution >= 4 is 39.4 Å². The number of nitrogens with zero attached hydrogens (tertiary/aromatic N) is 5. The summed E-state index contributed by atoms with van der Waals surface area (Å²) in [6.07, 6.45) is 5.52. The first kappa shape index (κ1) is 20.8. The number of furan rings is 1. The monoisotopic (exact) mass is 465 g/mol. The third-order valence-corrected chi connectivity index (χ3v) is 5.91. The SMILES string of the molecule is COc1ccc(CCn2c[nH+]c3c(c2=O)c2nc4ccccc4nc2n3/N=C/c2ccco2)cc1. The van der Waals surface area contributed by atoms with Crippen LogP contribution in [0.2, 0.25) is 0 Å². The molecule has 9 heteroatoms. The Hall–Kier alpha value is -4.79. The number of fused-ring (bicyclic) bond motifs is 4. The first-order valence-corrected chi connectivity index (χ1v) is 11.1. The van der Waals surface area contributed by atoms with Gasteiger partial charge in [-0.25, -0.2) is 24.3 Å². The maximum Gasteiger partial charge on any atom is 0.322 e. The predicted molar refractivity (Wildman–Crippen MR) is 132 cm³/mol. The molecular formula is C26H21N6O3+. The van der Waals surface area contributed by atoms with Crippen LogP contribution in [0.25, 0.3) is 33.2 Å². The molecule has 6 rings (SSSR count). The van der Waals surface area contributed by atoms with E-state index < -0.39 is 0 Å². The minimum Gasteiger partial charge on any atom is -0.497 e. The third kappa shape index (κ3) is 3.72. The Morgan fingerprint density at radius 2 is 1.86 bits per heavy atom. The van der Waals surface area contributed by atoms with Crippen LogP contribution in [-0.2, 0) is 13.0 Å². The lowest BCUT2D eigenvalue weighted by molar-refractivity contribution is -0.357. The fourth-order valence-electron chi connectivity index (χ4n) is 4.11. The van der Waals surface area contributed by atoms with Crippen LogP contribution in [0.15, 0.2) is 87.6 Å². The van der Waals surface area contributed by atoms with Gasteiger partial charge in [0.05, 0.1) is 31.0 Å². The lowest BCUT2D eigenvalue weighted by Gasteiger charge is -2.04. The van der Waals surface area contributed by atoms with Crippen LogP contribution in [-0.4, -0.2) is 32.5 Å². The topological polar surface area (TPSA) is 102 Å². The molecule has 172 valence electrons. The molecule has 4 heterocycles. The number of aryl methyl sites for hydroxylation is 2. The van der Waals surface area contributed by atoms with Crippen molar-refractivity contribution in [3.8, 4) is 5.75 Å². The first-order valence-electron chi connectivity index (χ1n) is 11.1. The van der Waals surface area contributed by atoms with E-state index >= 15 is 0 Å². The van der Waals surface area contributed by atoms with Crippen molar-refractivity contribution < 1.29 is 14.1 Å². The van der Waals surface area contributed by atoms with Gasteiger partial charge in [0.15, 0.2) is 11.7 Å². The standard InChI is InChI=1S/C26H20N6O3/c1-34-18-10-8-17(9-11-18)12-13-31-16-27-24-22(26(31)33)23-25(30-21-7-3-2-6-20(21)29-23)32(24)28-15-19-5-4-14-35-19/h2-11,14-16H,12-13H2,1H3/p+1/b28-15+. The smallest absolute Gasteiger partial charge is 0.322 e. The molecule has 0 bridgehead atoms. The van der Waals surface area contributed by atoms with E-state index in [1.54, 1.807) is 47.3 Å². The van der Waals surface area contributed by atoms with Crippen LogP contribution < -0.4 is 15.3 Å². The molecule has 9 nitrogen and oxygen atoms in total. The zero-order valence-corrected chi connectivity index (χ0v) is 18.9. The average molecular weight is 465 g/mol. The Morgan fingerprint density at radius 1 is 1.06 bits per heavy atom. The van der Waals surface area contributed by atoms with Crippen LogP contribution in [0.1, 0.15) is 11.3 Å². The van der Waals surface area contributed by atoms with Crippen LogP contribution in [0.5, 0.6) is 5.75 Å². The Balaban J connectivity index is 1.49. The number of hydrogen-bond donors (Lipinski definition) is 0. The highest BCUT2D eigenvalue weighted by molar-refractivity contribution is 6.03. The number of nitrogens with one attached hydrogen (secondary N) is 1. The second-order valence-electron chi connectivity index (χ2n) is 8.05. The summed E-state index contributed by atoms with van der Waals surface area (Å²) in [5.74, 6) is 1.39. The number of aromatic amines is 1. The maximum atomic E-state index is 13.6. The van der Waals surface area contributed by atoms with Gasteiger partial charge in [-0.1, -0.05) is 24.3 Å². The summed E-state index contributed by atoms with van der Waals surface area (Å²) in [4.78, 5) is 26.4. The minimum atomic E-state index is -0.159. The molecule has 0 amide bonds.